The molecule has 5 N–H and O–H groups in total. The molecule has 1 rings (SSSR count). The van der Waals surface area contributed by atoms with Gasteiger partial charge in [0.25, 0.3) is 0 Å². The van der Waals surface area contributed by atoms with Crippen molar-refractivity contribution in [1.82, 2.24) is 9.97 Å². The summed E-state index contributed by atoms with van der Waals surface area (Å²) in [5, 5.41) is 2.92. The first kappa shape index (κ1) is 11.0. The number of nitrogens with zero attached hydrogens (tertiary/aromatic N) is 2. The molecule has 1 heterocycles. The number of rotatable bonds is 4. The smallest absolute Gasteiger partial charge is 0.404 e. The highest BCUT2D eigenvalue weighted by molar-refractivity contribution is 5.64. The Morgan fingerprint density at radius 3 is 2.93 bits per heavy atom. The third kappa shape index (κ3) is 4.12. The summed E-state index contributed by atoms with van der Waals surface area (Å²) in [4.78, 5) is 18.2. The molecule has 0 aliphatic heterocycles. The van der Waals surface area contributed by atoms with Gasteiger partial charge in [0.1, 0.15) is 24.1 Å². The summed E-state index contributed by atoms with van der Waals surface area (Å²) in [5.74, 6) is 1.56. The molecule has 0 radical (unpaired) electrons. The molecule has 0 aliphatic carbocycles. The molecule has 0 aliphatic rings. The number of aromatic nitrogens is 2. The highest BCUT2D eigenvalue weighted by Gasteiger charge is 1.98. The molecule has 0 unspecified atom stereocenters. The minimum absolute atomic E-state index is 0.179. The van der Waals surface area contributed by atoms with E-state index in [0.29, 0.717) is 24.0 Å². The lowest BCUT2D eigenvalue weighted by Crippen LogP contribution is -2.18. The Kier molecular flexibility index (Phi) is 3.67. The van der Waals surface area contributed by atoms with Crippen LogP contribution in [0.4, 0.5) is 16.4 Å². The van der Waals surface area contributed by atoms with Gasteiger partial charge in [0.2, 0.25) is 0 Å². The normalized spacial score (nSPS) is 9.67. The molecule has 1 amide bonds. The van der Waals surface area contributed by atoms with Crippen LogP contribution in [0.1, 0.15) is 5.82 Å². The van der Waals surface area contributed by atoms with Crippen LogP contribution in [0.3, 0.4) is 0 Å². The van der Waals surface area contributed by atoms with Crippen molar-refractivity contribution in [2.75, 3.05) is 24.2 Å². The van der Waals surface area contributed by atoms with Gasteiger partial charge in [-0.1, -0.05) is 0 Å². The first-order chi connectivity index (χ1) is 7.08. The zero-order valence-corrected chi connectivity index (χ0v) is 8.36. The van der Waals surface area contributed by atoms with E-state index < -0.39 is 6.09 Å². The molecule has 15 heavy (non-hydrogen) atoms. The number of hydrogen-bond donors (Lipinski definition) is 3. The summed E-state index contributed by atoms with van der Waals surface area (Å²) < 4.78 is 4.53. The number of nitrogens with two attached hydrogens (primary N) is 2. The van der Waals surface area contributed by atoms with Gasteiger partial charge < -0.3 is 21.5 Å². The van der Waals surface area contributed by atoms with Crippen molar-refractivity contribution in [2.45, 2.75) is 6.92 Å². The fraction of sp³-hybridized carbons (Fsp3) is 0.375. The lowest BCUT2D eigenvalue weighted by atomic mass is 10.5. The van der Waals surface area contributed by atoms with E-state index in [0.717, 1.165) is 0 Å². The minimum Gasteiger partial charge on any atom is -0.448 e. The zero-order valence-electron chi connectivity index (χ0n) is 8.36. The van der Waals surface area contributed by atoms with Crippen molar-refractivity contribution in [3.63, 3.8) is 0 Å². The van der Waals surface area contributed by atoms with Gasteiger partial charge in [-0.3, -0.25) is 0 Å². The van der Waals surface area contributed by atoms with Crippen molar-refractivity contribution in [3.8, 4) is 0 Å². The summed E-state index contributed by atoms with van der Waals surface area (Å²) in [6.45, 7) is 2.33. The zero-order chi connectivity index (χ0) is 11.3. The molecular weight excluding hydrogens is 198 g/mol. The first-order valence-corrected chi connectivity index (χ1v) is 4.35. The molecular formula is C8H13N5O2. The van der Waals surface area contributed by atoms with Crippen LogP contribution in [0.15, 0.2) is 6.07 Å². The molecule has 0 aromatic carbocycles. The SMILES string of the molecule is Cc1nc(N)cc(NCCOC(N)=O)n1. The van der Waals surface area contributed by atoms with Crippen molar-refractivity contribution in [3.05, 3.63) is 11.9 Å². The van der Waals surface area contributed by atoms with Crippen molar-refractivity contribution in [1.29, 1.82) is 0 Å². The highest BCUT2D eigenvalue weighted by Crippen LogP contribution is 2.06. The van der Waals surface area contributed by atoms with Crippen LogP contribution in [-0.4, -0.2) is 29.2 Å². The van der Waals surface area contributed by atoms with E-state index in [2.05, 4.69) is 20.0 Å². The van der Waals surface area contributed by atoms with Crippen LogP contribution < -0.4 is 16.8 Å². The number of amides is 1. The van der Waals surface area contributed by atoms with Gasteiger partial charge in [-0.2, -0.15) is 0 Å². The maximum Gasteiger partial charge on any atom is 0.404 e. The van der Waals surface area contributed by atoms with E-state index in [1.54, 1.807) is 13.0 Å². The van der Waals surface area contributed by atoms with Gasteiger partial charge >= 0.3 is 6.09 Å². The van der Waals surface area contributed by atoms with Crippen molar-refractivity contribution < 1.29 is 9.53 Å². The maximum absolute atomic E-state index is 10.2. The van der Waals surface area contributed by atoms with Crippen LogP contribution in [0.25, 0.3) is 0 Å². The van der Waals surface area contributed by atoms with E-state index in [1.807, 2.05) is 0 Å². The number of aryl methyl sites for hydroxylation is 1. The summed E-state index contributed by atoms with van der Waals surface area (Å²) in [6, 6.07) is 1.59. The van der Waals surface area contributed by atoms with Crippen LogP contribution in [0.2, 0.25) is 0 Å². The lowest BCUT2D eigenvalue weighted by Gasteiger charge is -2.06. The number of carbonyl (C=O) groups excluding carboxylic acids is 1. The van der Waals surface area contributed by atoms with Crippen LogP contribution in [0, 0.1) is 6.92 Å². The summed E-state index contributed by atoms with van der Waals surface area (Å²) in [5.41, 5.74) is 10.3. The molecule has 7 nitrogen and oxygen atoms in total. The standard InChI is InChI=1S/C8H13N5O2/c1-5-12-6(9)4-7(13-5)11-2-3-15-8(10)14/h4H,2-3H2,1H3,(H2,10,14)(H3,9,11,12,13). The minimum atomic E-state index is -0.796. The van der Waals surface area contributed by atoms with Gasteiger partial charge in [0, 0.05) is 6.07 Å². The molecule has 0 atom stereocenters. The average Bonchev–Trinajstić information content (AvgIpc) is 2.10. The fourth-order valence-corrected chi connectivity index (χ4v) is 1.01. The van der Waals surface area contributed by atoms with Gasteiger partial charge in [0.15, 0.2) is 0 Å². The van der Waals surface area contributed by atoms with Crippen LogP contribution >= 0.6 is 0 Å². The fourth-order valence-electron chi connectivity index (χ4n) is 1.01. The molecule has 7 heteroatoms. The Hall–Kier alpha value is -2.05. The van der Waals surface area contributed by atoms with E-state index in [1.165, 1.54) is 0 Å². The molecule has 82 valence electrons. The predicted octanol–water partition coefficient (Wildman–Crippen LogP) is -0.126. The third-order valence-electron chi connectivity index (χ3n) is 1.51. The van der Waals surface area contributed by atoms with Crippen LogP contribution in [0.5, 0.6) is 0 Å². The number of primary amides is 1. The molecule has 0 bridgehead atoms. The largest absolute Gasteiger partial charge is 0.448 e. The highest BCUT2D eigenvalue weighted by atomic mass is 16.5. The van der Waals surface area contributed by atoms with Crippen LogP contribution in [-0.2, 0) is 4.74 Å². The molecule has 0 saturated heterocycles. The second-order valence-electron chi connectivity index (χ2n) is 2.82. The molecule has 0 saturated carbocycles. The van der Waals surface area contributed by atoms with E-state index in [9.17, 15) is 4.79 Å². The lowest BCUT2D eigenvalue weighted by molar-refractivity contribution is 0.161. The van der Waals surface area contributed by atoms with Gasteiger partial charge in [0.05, 0.1) is 6.54 Å². The average molecular weight is 211 g/mol. The molecule has 1 aromatic heterocycles. The Labute approximate surface area is 86.8 Å². The number of carbonyl (C=O) groups is 1. The summed E-state index contributed by atoms with van der Waals surface area (Å²) in [6.07, 6.45) is -0.796. The Morgan fingerprint density at radius 1 is 1.60 bits per heavy atom. The monoisotopic (exact) mass is 211 g/mol. The summed E-state index contributed by atoms with van der Waals surface area (Å²) >= 11 is 0. The first-order valence-electron chi connectivity index (χ1n) is 4.35. The second-order valence-corrected chi connectivity index (χ2v) is 2.82. The van der Waals surface area contributed by atoms with Gasteiger partial charge in [-0.25, -0.2) is 14.8 Å². The van der Waals surface area contributed by atoms with Gasteiger partial charge in [-0.05, 0) is 6.92 Å². The number of hydrogen-bond acceptors (Lipinski definition) is 6. The number of ether oxygens (including phenoxy) is 1. The third-order valence-corrected chi connectivity index (χ3v) is 1.51. The second kappa shape index (κ2) is 4.99. The van der Waals surface area contributed by atoms with E-state index >= 15 is 0 Å². The Balaban J connectivity index is 2.40. The number of nitrogen functional groups attached to an aromatic ring is 1. The van der Waals surface area contributed by atoms with Crippen molar-refractivity contribution in [2.24, 2.45) is 5.73 Å². The topological polar surface area (TPSA) is 116 Å². The van der Waals surface area contributed by atoms with Crippen molar-refractivity contribution >= 4 is 17.7 Å². The molecule has 0 spiro atoms. The number of anilines is 2. The molecule has 1 aromatic rings. The molecule has 0 fully saturated rings. The van der Waals surface area contributed by atoms with E-state index in [-0.39, 0.29) is 6.61 Å². The number of nitrogens with one attached hydrogen (secondary N) is 1. The Bertz CT molecular complexity index is 335. The summed E-state index contributed by atoms with van der Waals surface area (Å²) in [7, 11) is 0. The quantitative estimate of drug-likeness (QED) is 0.597. The predicted molar refractivity (Wildman–Crippen MR) is 55.2 cm³/mol. The Morgan fingerprint density at radius 2 is 2.33 bits per heavy atom. The van der Waals surface area contributed by atoms with Gasteiger partial charge in [-0.15, -0.1) is 0 Å². The maximum atomic E-state index is 10.2. The van der Waals surface area contributed by atoms with E-state index in [4.69, 9.17) is 11.5 Å².